The number of alkyl halides is 3. The van der Waals surface area contributed by atoms with Crippen molar-refractivity contribution in [3.05, 3.63) is 40.0 Å². The van der Waals surface area contributed by atoms with Crippen LogP contribution in [0.5, 0.6) is 0 Å². The summed E-state index contributed by atoms with van der Waals surface area (Å²) in [4.78, 5) is 7.62. The normalized spacial score (nSPS) is 11.5. The van der Waals surface area contributed by atoms with Crippen LogP contribution in [0.3, 0.4) is 0 Å². The van der Waals surface area contributed by atoms with E-state index in [1.807, 2.05) is 0 Å². The van der Waals surface area contributed by atoms with Gasteiger partial charge >= 0.3 is 6.18 Å². The Hall–Kier alpha value is -1.85. The minimum atomic E-state index is -4.62. The smallest absolute Gasteiger partial charge is 0.394 e. The Morgan fingerprint density at radius 3 is 2.41 bits per heavy atom. The Bertz CT molecular complexity index is 797. The maximum atomic E-state index is 13.2. The minimum Gasteiger partial charge on any atom is -0.394 e. The number of aliphatic hydroxyl groups excluding tert-OH is 1. The van der Waals surface area contributed by atoms with Crippen LogP contribution in [-0.2, 0) is 15.7 Å². The van der Waals surface area contributed by atoms with Crippen LogP contribution in [0.2, 0.25) is 10.0 Å². The topological polar surface area (TPSA) is 88.5 Å². The van der Waals surface area contributed by atoms with E-state index in [9.17, 15) is 13.2 Å². The van der Waals surface area contributed by atoms with Gasteiger partial charge in [-0.1, -0.05) is 23.2 Å². The van der Waals surface area contributed by atoms with Crippen molar-refractivity contribution >= 4 is 40.7 Å². The van der Waals surface area contributed by atoms with Crippen LogP contribution < -0.4 is 10.6 Å². The standard InChI is InChI=1S/C17H19Cl2F3N4O3/c18-13-2-1-11(9-14(13)19)25-16-24-10-12(17(20,21)22)15(26-16)23-3-5-28-7-8-29-6-4-27/h1-2,9-10,27H,3-8H2,(H2,23,24,25,26). The first-order valence-corrected chi connectivity index (χ1v) is 9.23. The van der Waals surface area contributed by atoms with Crippen molar-refractivity contribution in [2.75, 3.05) is 50.2 Å². The van der Waals surface area contributed by atoms with E-state index in [2.05, 4.69) is 20.6 Å². The van der Waals surface area contributed by atoms with Gasteiger partial charge in [-0.2, -0.15) is 18.2 Å². The van der Waals surface area contributed by atoms with E-state index in [1.165, 1.54) is 12.1 Å². The van der Waals surface area contributed by atoms with Gasteiger partial charge in [0.05, 0.1) is 43.1 Å². The number of anilines is 3. The van der Waals surface area contributed by atoms with Crippen molar-refractivity contribution < 1.29 is 27.8 Å². The van der Waals surface area contributed by atoms with Crippen LogP contribution in [-0.4, -0.2) is 54.7 Å². The van der Waals surface area contributed by atoms with E-state index < -0.39 is 11.7 Å². The summed E-state index contributed by atoms with van der Waals surface area (Å²) in [6.07, 6.45) is -3.93. The first kappa shape index (κ1) is 23.4. The van der Waals surface area contributed by atoms with E-state index in [0.29, 0.717) is 16.9 Å². The van der Waals surface area contributed by atoms with Gasteiger partial charge in [-0.25, -0.2) is 4.98 Å². The van der Waals surface area contributed by atoms with Crippen LogP contribution >= 0.6 is 23.2 Å². The van der Waals surface area contributed by atoms with E-state index in [1.54, 1.807) is 6.07 Å². The summed E-state index contributed by atoms with van der Waals surface area (Å²) in [5.41, 5.74) is -0.528. The third kappa shape index (κ3) is 7.82. The monoisotopic (exact) mass is 454 g/mol. The number of hydrogen-bond donors (Lipinski definition) is 3. The maximum absolute atomic E-state index is 13.2. The SMILES string of the molecule is OCCOCCOCCNc1nc(Nc2ccc(Cl)c(Cl)c2)ncc1C(F)(F)F. The molecule has 0 bridgehead atoms. The summed E-state index contributed by atoms with van der Waals surface area (Å²) in [6.45, 7) is 0.868. The predicted molar refractivity (Wildman–Crippen MR) is 104 cm³/mol. The third-order valence-electron chi connectivity index (χ3n) is 3.42. The molecule has 0 unspecified atom stereocenters. The molecule has 0 saturated heterocycles. The molecule has 0 aliphatic rings. The number of rotatable bonds is 11. The molecule has 0 atom stereocenters. The second-order valence-electron chi connectivity index (χ2n) is 5.58. The molecule has 3 N–H and O–H groups in total. The zero-order valence-electron chi connectivity index (χ0n) is 15.1. The van der Waals surface area contributed by atoms with Gasteiger partial charge in [0.15, 0.2) is 0 Å². The molecular weight excluding hydrogens is 436 g/mol. The molecule has 0 spiro atoms. The molecule has 0 fully saturated rings. The van der Waals surface area contributed by atoms with Crippen molar-refractivity contribution in [2.45, 2.75) is 6.18 Å². The lowest BCUT2D eigenvalue weighted by Crippen LogP contribution is -2.18. The second kappa shape index (κ2) is 11.4. The van der Waals surface area contributed by atoms with E-state index in [4.69, 9.17) is 37.8 Å². The molecule has 12 heteroatoms. The highest BCUT2D eigenvalue weighted by molar-refractivity contribution is 6.42. The largest absolute Gasteiger partial charge is 0.421 e. The number of nitrogens with zero attached hydrogens (tertiary/aromatic N) is 2. The van der Waals surface area contributed by atoms with E-state index in [0.717, 1.165) is 0 Å². The fraction of sp³-hybridized carbons (Fsp3) is 0.412. The molecule has 0 saturated carbocycles. The molecule has 0 aliphatic carbocycles. The minimum absolute atomic E-state index is 0.0442. The highest BCUT2D eigenvalue weighted by Gasteiger charge is 2.35. The molecular formula is C17H19Cl2F3N4O3. The van der Waals surface area contributed by atoms with Gasteiger partial charge in [0.25, 0.3) is 0 Å². The van der Waals surface area contributed by atoms with Gasteiger partial charge in [-0.3, -0.25) is 0 Å². The van der Waals surface area contributed by atoms with Crippen LogP contribution in [0.1, 0.15) is 5.56 Å². The molecule has 2 aromatic rings. The number of hydrogen-bond acceptors (Lipinski definition) is 7. The van der Waals surface area contributed by atoms with Gasteiger partial charge in [-0.05, 0) is 18.2 Å². The zero-order valence-corrected chi connectivity index (χ0v) is 16.6. The number of halogens is 5. The fourth-order valence-corrected chi connectivity index (χ4v) is 2.41. The zero-order chi connectivity index (χ0) is 21.3. The van der Waals surface area contributed by atoms with Crippen molar-refractivity contribution in [1.29, 1.82) is 0 Å². The summed E-state index contributed by atoms with van der Waals surface area (Å²) in [6, 6.07) is 4.64. The molecule has 0 aliphatic heterocycles. The number of aromatic nitrogens is 2. The number of ether oxygens (including phenoxy) is 2. The van der Waals surface area contributed by atoms with Gasteiger partial charge < -0.3 is 25.2 Å². The molecule has 1 aromatic heterocycles. The quantitative estimate of drug-likeness (QED) is 0.442. The Balaban J connectivity index is 2.00. The number of benzene rings is 1. The number of nitrogens with one attached hydrogen (secondary N) is 2. The van der Waals surface area contributed by atoms with Crippen LogP contribution in [0, 0.1) is 0 Å². The van der Waals surface area contributed by atoms with Crippen molar-refractivity contribution in [3.8, 4) is 0 Å². The molecule has 1 heterocycles. The van der Waals surface area contributed by atoms with E-state index >= 15 is 0 Å². The fourth-order valence-electron chi connectivity index (χ4n) is 2.12. The van der Waals surface area contributed by atoms with Crippen molar-refractivity contribution in [2.24, 2.45) is 0 Å². The summed E-state index contributed by atoms with van der Waals surface area (Å²) in [5.74, 6) is -0.424. The van der Waals surface area contributed by atoms with Crippen molar-refractivity contribution in [1.82, 2.24) is 9.97 Å². The van der Waals surface area contributed by atoms with Crippen LogP contribution in [0.15, 0.2) is 24.4 Å². The lowest BCUT2D eigenvalue weighted by Gasteiger charge is -2.15. The summed E-state index contributed by atoms with van der Waals surface area (Å²) in [5, 5.41) is 14.6. The molecule has 0 amide bonds. The second-order valence-corrected chi connectivity index (χ2v) is 6.40. The first-order valence-electron chi connectivity index (χ1n) is 8.48. The Morgan fingerprint density at radius 1 is 1.03 bits per heavy atom. The van der Waals surface area contributed by atoms with E-state index in [-0.39, 0.29) is 56.4 Å². The van der Waals surface area contributed by atoms with Crippen LogP contribution in [0.25, 0.3) is 0 Å². The third-order valence-corrected chi connectivity index (χ3v) is 4.16. The molecule has 1 aromatic carbocycles. The van der Waals surface area contributed by atoms with Crippen LogP contribution in [0.4, 0.5) is 30.6 Å². The highest BCUT2D eigenvalue weighted by atomic mass is 35.5. The first-order chi connectivity index (χ1) is 13.8. The highest BCUT2D eigenvalue weighted by Crippen LogP contribution is 2.34. The molecule has 2 rings (SSSR count). The summed E-state index contributed by atoms with van der Waals surface area (Å²) in [7, 11) is 0. The van der Waals surface area contributed by atoms with Crippen molar-refractivity contribution in [3.63, 3.8) is 0 Å². The number of aliphatic hydroxyl groups is 1. The Morgan fingerprint density at radius 2 is 1.76 bits per heavy atom. The summed E-state index contributed by atoms with van der Waals surface area (Å²) >= 11 is 11.8. The average Bonchev–Trinajstić information content (AvgIpc) is 2.66. The molecule has 160 valence electrons. The van der Waals surface area contributed by atoms with Gasteiger partial charge in [0, 0.05) is 18.4 Å². The van der Waals surface area contributed by atoms with Gasteiger partial charge in [0.1, 0.15) is 11.4 Å². The molecule has 7 nitrogen and oxygen atoms in total. The average molecular weight is 455 g/mol. The Labute approximate surface area is 175 Å². The predicted octanol–water partition coefficient (Wildman–Crippen LogP) is 3.98. The lowest BCUT2D eigenvalue weighted by atomic mass is 10.3. The van der Waals surface area contributed by atoms with Gasteiger partial charge in [0.2, 0.25) is 5.95 Å². The Kier molecular flexibility index (Phi) is 9.18. The van der Waals surface area contributed by atoms with Gasteiger partial charge in [-0.15, -0.1) is 0 Å². The molecule has 0 radical (unpaired) electrons. The summed E-state index contributed by atoms with van der Waals surface area (Å²) < 4.78 is 49.9. The molecule has 29 heavy (non-hydrogen) atoms. The lowest BCUT2D eigenvalue weighted by molar-refractivity contribution is -0.137. The maximum Gasteiger partial charge on any atom is 0.421 e.